The summed E-state index contributed by atoms with van der Waals surface area (Å²) < 4.78 is 30.9. The summed E-state index contributed by atoms with van der Waals surface area (Å²) in [4.78, 5) is 11.5. The standard InChI is InChI=1S/C13H16F2N2O2.ClH/c14-9-3-4-12(11(15)6-9)19-8-13(18)17-7-10-2-1-5-16-10;/h3-4,6,10,16H,1-2,5,7-8H2,(H,17,18);1H. The molecule has 1 aliphatic heterocycles. The van der Waals surface area contributed by atoms with Crippen molar-refractivity contribution in [3.05, 3.63) is 29.8 Å². The van der Waals surface area contributed by atoms with E-state index < -0.39 is 11.6 Å². The van der Waals surface area contributed by atoms with Crippen LogP contribution in [0.5, 0.6) is 5.75 Å². The minimum absolute atomic E-state index is 0. The first-order chi connectivity index (χ1) is 9.15. The van der Waals surface area contributed by atoms with Crippen LogP contribution in [0.25, 0.3) is 0 Å². The van der Waals surface area contributed by atoms with Gasteiger partial charge in [-0.1, -0.05) is 0 Å². The van der Waals surface area contributed by atoms with Crippen molar-refractivity contribution in [2.75, 3.05) is 19.7 Å². The number of halogens is 3. The number of rotatable bonds is 5. The zero-order valence-corrected chi connectivity index (χ0v) is 11.6. The molecule has 1 atom stereocenters. The van der Waals surface area contributed by atoms with Crippen LogP contribution in [-0.4, -0.2) is 31.6 Å². The Labute approximate surface area is 122 Å². The molecule has 1 amide bonds. The minimum atomic E-state index is -0.815. The van der Waals surface area contributed by atoms with Crippen LogP contribution in [0.2, 0.25) is 0 Å². The lowest BCUT2D eigenvalue weighted by Crippen LogP contribution is -2.39. The van der Waals surface area contributed by atoms with Crippen LogP contribution in [-0.2, 0) is 4.79 Å². The fourth-order valence-corrected chi connectivity index (χ4v) is 1.95. The monoisotopic (exact) mass is 306 g/mol. The molecule has 1 fully saturated rings. The Morgan fingerprint density at radius 1 is 1.45 bits per heavy atom. The second-order valence-electron chi connectivity index (χ2n) is 4.46. The summed E-state index contributed by atoms with van der Waals surface area (Å²) in [7, 11) is 0. The zero-order valence-electron chi connectivity index (χ0n) is 10.8. The SMILES string of the molecule is Cl.O=C(COc1ccc(F)cc1F)NCC1CCCN1. The topological polar surface area (TPSA) is 50.4 Å². The summed E-state index contributed by atoms with van der Waals surface area (Å²) in [5.41, 5.74) is 0. The van der Waals surface area contributed by atoms with Crippen LogP contribution in [0.4, 0.5) is 8.78 Å². The lowest BCUT2D eigenvalue weighted by atomic mass is 10.2. The summed E-state index contributed by atoms with van der Waals surface area (Å²) in [6, 6.07) is 3.26. The molecule has 1 aromatic carbocycles. The van der Waals surface area contributed by atoms with Gasteiger partial charge < -0.3 is 15.4 Å². The molecule has 0 aromatic heterocycles. The zero-order chi connectivity index (χ0) is 13.7. The van der Waals surface area contributed by atoms with Crippen LogP contribution >= 0.6 is 12.4 Å². The van der Waals surface area contributed by atoms with Crippen LogP contribution in [0.3, 0.4) is 0 Å². The van der Waals surface area contributed by atoms with Crippen molar-refractivity contribution >= 4 is 18.3 Å². The summed E-state index contributed by atoms with van der Waals surface area (Å²) in [6.45, 7) is 1.22. The van der Waals surface area contributed by atoms with Gasteiger partial charge in [-0.25, -0.2) is 8.78 Å². The van der Waals surface area contributed by atoms with Gasteiger partial charge in [0.25, 0.3) is 5.91 Å². The maximum absolute atomic E-state index is 13.2. The molecular formula is C13H17ClF2N2O2. The smallest absolute Gasteiger partial charge is 0.257 e. The highest BCUT2D eigenvalue weighted by Gasteiger charge is 2.15. The molecule has 0 aliphatic carbocycles. The molecule has 1 aromatic rings. The first-order valence-electron chi connectivity index (χ1n) is 6.23. The van der Waals surface area contributed by atoms with Crippen LogP contribution in [0, 0.1) is 11.6 Å². The summed E-state index contributed by atoms with van der Waals surface area (Å²) in [5.74, 6) is -1.94. The van der Waals surface area contributed by atoms with Gasteiger partial charge in [0.15, 0.2) is 18.2 Å². The van der Waals surface area contributed by atoms with Gasteiger partial charge in [-0.05, 0) is 31.5 Å². The third-order valence-electron chi connectivity index (χ3n) is 2.96. The average Bonchev–Trinajstić information content (AvgIpc) is 2.88. The van der Waals surface area contributed by atoms with E-state index in [4.69, 9.17) is 4.74 Å². The highest BCUT2D eigenvalue weighted by Crippen LogP contribution is 2.17. The van der Waals surface area contributed by atoms with Crippen molar-refractivity contribution in [2.24, 2.45) is 0 Å². The van der Waals surface area contributed by atoms with Crippen molar-refractivity contribution in [2.45, 2.75) is 18.9 Å². The Hall–Kier alpha value is -1.40. The molecule has 0 spiro atoms. The quantitative estimate of drug-likeness (QED) is 0.869. The number of hydrogen-bond acceptors (Lipinski definition) is 3. The van der Waals surface area contributed by atoms with E-state index in [0.717, 1.165) is 37.6 Å². The highest BCUT2D eigenvalue weighted by atomic mass is 35.5. The third-order valence-corrected chi connectivity index (χ3v) is 2.96. The predicted octanol–water partition coefficient (Wildman–Crippen LogP) is 1.63. The number of nitrogens with one attached hydrogen (secondary N) is 2. The molecule has 112 valence electrons. The second kappa shape index (κ2) is 8.01. The Balaban J connectivity index is 0.00000200. The normalized spacial score (nSPS) is 17.4. The molecular weight excluding hydrogens is 290 g/mol. The van der Waals surface area contributed by atoms with E-state index in [9.17, 15) is 13.6 Å². The maximum atomic E-state index is 13.2. The third kappa shape index (κ3) is 4.94. The van der Waals surface area contributed by atoms with Gasteiger partial charge >= 0.3 is 0 Å². The number of benzene rings is 1. The van der Waals surface area contributed by atoms with Crippen molar-refractivity contribution in [3.8, 4) is 5.75 Å². The van der Waals surface area contributed by atoms with E-state index in [1.165, 1.54) is 0 Å². The molecule has 0 radical (unpaired) electrons. The molecule has 2 rings (SSSR count). The van der Waals surface area contributed by atoms with Crippen LogP contribution in [0.1, 0.15) is 12.8 Å². The fraction of sp³-hybridized carbons (Fsp3) is 0.462. The van der Waals surface area contributed by atoms with E-state index in [1.54, 1.807) is 0 Å². The van der Waals surface area contributed by atoms with Crippen LogP contribution < -0.4 is 15.4 Å². The molecule has 20 heavy (non-hydrogen) atoms. The number of ether oxygens (including phenoxy) is 1. The lowest BCUT2D eigenvalue weighted by molar-refractivity contribution is -0.123. The summed E-state index contributed by atoms with van der Waals surface area (Å²) >= 11 is 0. The Morgan fingerprint density at radius 3 is 2.90 bits per heavy atom. The molecule has 1 unspecified atom stereocenters. The summed E-state index contributed by atoms with van der Waals surface area (Å²) in [5, 5.41) is 5.95. The lowest BCUT2D eigenvalue weighted by Gasteiger charge is -2.12. The van der Waals surface area contributed by atoms with Crippen molar-refractivity contribution < 1.29 is 18.3 Å². The van der Waals surface area contributed by atoms with E-state index in [2.05, 4.69) is 10.6 Å². The number of carbonyl (C=O) groups excluding carboxylic acids is 1. The average molecular weight is 307 g/mol. The maximum Gasteiger partial charge on any atom is 0.257 e. The minimum Gasteiger partial charge on any atom is -0.481 e. The fourth-order valence-electron chi connectivity index (χ4n) is 1.95. The van der Waals surface area contributed by atoms with Gasteiger partial charge in [0, 0.05) is 18.7 Å². The van der Waals surface area contributed by atoms with E-state index in [0.29, 0.717) is 12.6 Å². The Morgan fingerprint density at radius 2 is 2.25 bits per heavy atom. The van der Waals surface area contributed by atoms with Crippen molar-refractivity contribution in [3.63, 3.8) is 0 Å². The highest BCUT2D eigenvalue weighted by molar-refractivity contribution is 5.85. The number of hydrogen-bond donors (Lipinski definition) is 2. The molecule has 1 heterocycles. The molecule has 7 heteroatoms. The molecule has 2 N–H and O–H groups in total. The van der Waals surface area contributed by atoms with E-state index in [1.807, 2.05) is 0 Å². The van der Waals surface area contributed by atoms with Crippen LogP contribution in [0.15, 0.2) is 18.2 Å². The van der Waals surface area contributed by atoms with Crippen molar-refractivity contribution in [1.29, 1.82) is 0 Å². The number of amides is 1. The molecule has 1 aliphatic rings. The van der Waals surface area contributed by atoms with E-state index in [-0.39, 0.29) is 30.7 Å². The van der Waals surface area contributed by atoms with Gasteiger partial charge in [-0.3, -0.25) is 4.79 Å². The largest absolute Gasteiger partial charge is 0.481 e. The Kier molecular flexibility index (Phi) is 6.67. The van der Waals surface area contributed by atoms with Crippen molar-refractivity contribution in [1.82, 2.24) is 10.6 Å². The molecule has 1 saturated heterocycles. The molecule has 0 bridgehead atoms. The molecule has 0 saturated carbocycles. The summed E-state index contributed by atoms with van der Waals surface area (Å²) in [6.07, 6.45) is 2.14. The number of carbonyl (C=O) groups is 1. The van der Waals surface area contributed by atoms with E-state index >= 15 is 0 Å². The van der Waals surface area contributed by atoms with Gasteiger partial charge in [0.1, 0.15) is 5.82 Å². The molecule has 4 nitrogen and oxygen atoms in total. The Bertz CT molecular complexity index is 454. The van der Waals surface area contributed by atoms with Gasteiger partial charge in [-0.2, -0.15) is 0 Å². The second-order valence-corrected chi connectivity index (χ2v) is 4.46. The van der Waals surface area contributed by atoms with Gasteiger partial charge in [-0.15, -0.1) is 12.4 Å². The first kappa shape index (κ1) is 16.7. The predicted molar refractivity (Wildman–Crippen MR) is 73.1 cm³/mol. The van der Waals surface area contributed by atoms with Gasteiger partial charge in [0.2, 0.25) is 0 Å². The first-order valence-corrected chi connectivity index (χ1v) is 6.23. The van der Waals surface area contributed by atoms with Gasteiger partial charge in [0.05, 0.1) is 0 Å².